The Labute approximate surface area is 170 Å². The van der Waals surface area contributed by atoms with E-state index in [1.807, 2.05) is 6.08 Å². The van der Waals surface area contributed by atoms with Crippen LogP contribution in [-0.2, 0) is 9.47 Å². The van der Waals surface area contributed by atoms with Gasteiger partial charge in [0.25, 0.3) is 0 Å². The Morgan fingerprint density at radius 3 is 2.62 bits per heavy atom. The molecule has 0 aliphatic carbocycles. The van der Waals surface area contributed by atoms with E-state index in [1.54, 1.807) is 32.9 Å². The van der Waals surface area contributed by atoms with Crippen molar-refractivity contribution in [3.63, 3.8) is 0 Å². The lowest BCUT2D eigenvalue weighted by molar-refractivity contribution is 0.0534. The van der Waals surface area contributed by atoms with Gasteiger partial charge in [-0.15, -0.1) is 0 Å². The minimum Gasteiger partial charge on any atom is -0.486 e. The molecule has 9 nitrogen and oxygen atoms in total. The molecular weight excluding hydrogens is 376 g/mol. The fourth-order valence-electron chi connectivity index (χ4n) is 2.63. The fraction of sp³-hybridized carbons (Fsp3) is 0.500. The number of ether oxygens (including phenoxy) is 3. The minimum atomic E-state index is -0.580. The molecule has 0 aromatic heterocycles. The lowest BCUT2D eigenvalue weighted by Crippen LogP contribution is -2.32. The quantitative estimate of drug-likeness (QED) is 0.383. The summed E-state index contributed by atoms with van der Waals surface area (Å²) >= 11 is 0. The molecule has 0 unspecified atom stereocenters. The molecule has 0 radical (unpaired) electrons. The summed E-state index contributed by atoms with van der Waals surface area (Å²) in [6, 6.07) is 3.09. The minimum absolute atomic E-state index is 0.105. The largest absolute Gasteiger partial charge is 0.486 e. The van der Waals surface area contributed by atoms with Gasteiger partial charge in [-0.25, -0.2) is 4.79 Å². The number of anilines is 2. The summed E-state index contributed by atoms with van der Waals surface area (Å²) in [5, 5.41) is 5.81. The highest BCUT2D eigenvalue weighted by molar-refractivity contribution is 5.96. The molecule has 9 heteroatoms. The average Bonchev–Trinajstić information content (AvgIpc) is 3.10. The standard InChI is InChI=1S/C20H30N4O5/c1-20(2,3)29-19(26)24-8-5-4-7-23-17-15(21)10-13(18(22)25)11-16(17)28-14-6-9-27-12-14/h4-5,10-11,14,23H,6-9,12,21H2,1-3H3,(H2,22,25)(H,24,26)/b5-4+/t14-/m0/s1. The van der Waals surface area contributed by atoms with Crippen LogP contribution in [0.5, 0.6) is 5.75 Å². The van der Waals surface area contributed by atoms with Gasteiger partial charge in [0.15, 0.2) is 0 Å². The number of benzene rings is 1. The van der Waals surface area contributed by atoms with Crippen LogP contribution in [0, 0.1) is 0 Å². The van der Waals surface area contributed by atoms with Crippen LogP contribution in [-0.4, -0.2) is 50.0 Å². The highest BCUT2D eigenvalue weighted by atomic mass is 16.6. The van der Waals surface area contributed by atoms with E-state index in [4.69, 9.17) is 25.7 Å². The van der Waals surface area contributed by atoms with Gasteiger partial charge < -0.3 is 36.3 Å². The number of carbonyl (C=O) groups is 2. The first-order valence-electron chi connectivity index (χ1n) is 9.49. The van der Waals surface area contributed by atoms with Crippen molar-refractivity contribution in [2.75, 3.05) is 37.4 Å². The number of nitrogens with two attached hydrogens (primary N) is 2. The Morgan fingerprint density at radius 2 is 2.00 bits per heavy atom. The van der Waals surface area contributed by atoms with Crippen LogP contribution in [0.15, 0.2) is 24.3 Å². The Kier molecular flexibility index (Phi) is 7.72. The molecule has 1 heterocycles. The lowest BCUT2D eigenvalue weighted by Gasteiger charge is -2.19. The molecule has 0 bridgehead atoms. The van der Waals surface area contributed by atoms with Gasteiger partial charge in [0.2, 0.25) is 5.91 Å². The van der Waals surface area contributed by atoms with Crippen LogP contribution in [0.1, 0.15) is 37.6 Å². The molecular formula is C20H30N4O5. The summed E-state index contributed by atoms with van der Waals surface area (Å²) in [5.41, 5.74) is 12.1. The fourth-order valence-corrected chi connectivity index (χ4v) is 2.63. The van der Waals surface area contributed by atoms with Crippen LogP contribution in [0.25, 0.3) is 0 Å². The molecule has 1 fully saturated rings. The van der Waals surface area contributed by atoms with E-state index < -0.39 is 17.6 Å². The van der Waals surface area contributed by atoms with Gasteiger partial charge in [0.05, 0.1) is 18.9 Å². The molecule has 6 N–H and O–H groups in total. The molecule has 160 valence electrons. The van der Waals surface area contributed by atoms with Crippen molar-refractivity contribution in [3.05, 3.63) is 29.8 Å². The average molecular weight is 406 g/mol. The molecule has 1 saturated heterocycles. The molecule has 29 heavy (non-hydrogen) atoms. The predicted molar refractivity (Wildman–Crippen MR) is 111 cm³/mol. The van der Waals surface area contributed by atoms with Gasteiger partial charge >= 0.3 is 6.09 Å². The summed E-state index contributed by atoms with van der Waals surface area (Å²) in [4.78, 5) is 23.1. The molecule has 1 aromatic rings. The zero-order valence-corrected chi connectivity index (χ0v) is 17.1. The second-order valence-corrected chi connectivity index (χ2v) is 7.64. The number of hydrogen-bond acceptors (Lipinski definition) is 7. The summed E-state index contributed by atoms with van der Waals surface area (Å²) in [6.07, 6.45) is 3.80. The van der Waals surface area contributed by atoms with E-state index in [1.165, 1.54) is 6.07 Å². The molecule has 1 aliphatic rings. The molecule has 1 atom stereocenters. The number of carbonyl (C=O) groups excluding carboxylic acids is 2. The first-order valence-corrected chi connectivity index (χ1v) is 9.49. The zero-order valence-electron chi connectivity index (χ0n) is 17.1. The number of hydrogen-bond donors (Lipinski definition) is 4. The van der Waals surface area contributed by atoms with Gasteiger partial charge in [-0.3, -0.25) is 4.79 Å². The highest BCUT2D eigenvalue weighted by Gasteiger charge is 2.21. The maximum atomic E-state index is 11.6. The molecule has 0 spiro atoms. The van der Waals surface area contributed by atoms with E-state index in [0.29, 0.717) is 43.4 Å². The molecule has 1 aromatic carbocycles. The van der Waals surface area contributed by atoms with E-state index in [2.05, 4.69) is 10.6 Å². The predicted octanol–water partition coefficient (Wildman–Crippen LogP) is 2.03. The monoisotopic (exact) mass is 406 g/mol. The Morgan fingerprint density at radius 1 is 1.28 bits per heavy atom. The third-order valence-electron chi connectivity index (χ3n) is 3.93. The number of nitrogens with one attached hydrogen (secondary N) is 2. The number of alkyl carbamates (subject to hydrolysis) is 1. The van der Waals surface area contributed by atoms with Gasteiger partial charge in [-0.1, -0.05) is 12.2 Å². The third kappa shape index (κ3) is 7.53. The highest BCUT2D eigenvalue weighted by Crippen LogP contribution is 2.34. The summed E-state index contributed by atoms with van der Waals surface area (Å²) in [6.45, 7) is 7.29. The molecule has 1 aliphatic heterocycles. The van der Waals surface area contributed by atoms with Crippen LogP contribution >= 0.6 is 0 Å². The first kappa shape index (κ1) is 22.4. The third-order valence-corrected chi connectivity index (χ3v) is 3.93. The Hall–Kier alpha value is -2.94. The van der Waals surface area contributed by atoms with Crippen molar-refractivity contribution in [3.8, 4) is 5.75 Å². The van der Waals surface area contributed by atoms with Gasteiger partial charge in [0.1, 0.15) is 23.1 Å². The zero-order chi connectivity index (χ0) is 21.4. The van der Waals surface area contributed by atoms with Gasteiger partial charge in [0, 0.05) is 25.1 Å². The smallest absolute Gasteiger partial charge is 0.407 e. The van der Waals surface area contributed by atoms with Crippen LogP contribution in [0.4, 0.5) is 16.2 Å². The van der Waals surface area contributed by atoms with Crippen molar-refractivity contribution >= 4 is 23.4 Å². The lowest BCUT2D eigenvalue weighted by atomic mass is 10.1. The van der Waals surface area contributed by atoms with Crippen molar-refractivity contribution in [2.24, 2.45) is 5.73 Å². The Balaban J connectivity index is 1.94. The molecule has 2 rings (SSSR count). The van der Waals surface area contributed by atoms with Crippen molar-refractivity contribution in [2.45, 2.75) is 38.9 Å². The maximum absolute atomic E-state index is 11.6. The Bertz CT molecular complexity index is 752. The molecule has 0 saturated carbocycles. The van der Waals surface area contributed by atoms with Crippen LogP contribution in [0.3, 0.4) is 0 Å². The van der Waals surface area contributed by atoms with Crippen molar-refractivity contribution in [1.29, 1.82) is 0 Å². The summed E-state index contributed by atoms with van der Waals surface area (Å²) < 4.78 is 16.4. The normalized spacial score (nSPS) is 16.6. The summed E-state index contributed by atoms with van der Waals surface area (Å²) in [5.74, 6) is -0.126. The van der Waals surface area contributed by atoms with Gasteiger partial charge in [-0.2, -0.15) is 0 Å². The second kappa shape index (κ2) is 10.0. The number of amides is 2. The van der Waals surface area contributed by atoms with Crippen LogP contribution in [0.2, 0.25) is 0 Å². The summed E-state index contributed by atoms with van der Waals surface area (Å²) in [7, 11) is 0. The SMILES string of the molecule is CC(C)(C)OC(=O)NC/C=C/CNc1c(N)cc(C(N)=O)cc1O[C@H]1CCOC1. The van der Waals surface area contributed by atoms with Crippen molar-refractivity contribution < 1.29 is 23.8 Å². The topological polar surface area (TPSA) is 138 Å². The second-order valence-electron chi connectivity index (χ2n) is 7.64. The van der Waals surface area contributed by atoms with Crippen molar-refractivity contribution in [1.82, 2.24) is 5.32 Å². The number of rotatable bonds is 8. The molecule has 2 amide bonds. The number of primary amides is 1. The maximum Gasteiger partial charge on any atom is 0.407 e. The van der Waals surface area contributed by atoms with E-state index >= 15 is 0 Å². The van der Waals surface area contributed by atoms with Crippen LogP contribution < -0.4 is 26.8 Å². The van der Waals surface area contributed by atoms with Gasteiger partial charge in [-0.05, 0) is 32.9 Å². The van der Waals surface area contributed by atoms with E-state index in [9.17, 15) is 9.59 Å². The first-order chi connectivity index (χ1) is 13.7. The van der Waals surface area contributed by atoms with E-state index in [0.717, 1.165) is 6.42 Å². The number of nitrogen functional groups attached to an aromatic ring is 1. The van der Waals surface area contributed by atoms with E-state index in [-0.39, 0.29) is 11.7 Å².